The topological polar surface area (TPSA) is 51.7 Å². The molecule has 0 unspecified atom stereocenters. The van der Waals surface area contributed by atoms with Crippen molar-refractivity contribution in [2.75, 3.05) is 60.9 Å². The van der Waals surface area contributed by atoms with Crippen LogP contribution in [0.2, 0.25) is 0 Å². The Labute approximate surface area is 160 Å². The third-order valence-corrected chi connectivity index (χ3v) is 5.39. The Morgan fingerprint density at radius 1 is 0.889 bits per heavy atom. The monoisotopic (exact) mass is 365 g/mol. The Morgan fingerprint density at radius 2 is 1.63 bits per heavy atom. The molecule has 0 spiro atoms. The zero-order valence-corrected chi connectivity index (χ0v) is 15.7. The van der Waals surface area contributed by atoms with Crippen molar-refractivity contribution in [2.24, 2.45) is 0 Å². The molecule has 1 N–H and O–H groups in total. The number of amides is 1. The summed E-state index contributed by atoms with van der Waals surface area (Å²) >= 11 is 0. The van der Waals surface area contributed by atoms with E-state index in [9.17, 15) is 4.79 Å². The highest BCUT2D eigenvalue weighted by atomic mass is 16.2. The maximum absolute atomic E-state index is 12.5. The van der Waals surface area contributed by atoms with Gasteiger partial charge in [-0.3, -0.25) is 4.79 Å². The van der Waals surface area contributed by atoms with Crippen LogP contribution in [0.5, 0.6) is 0 Å². The summed E-state index contributed by atoms with van der Waals surface area (Å²) in [4.78, 5) is 23.5. The summed E-state index contributed by atoms with van der Waals surface area (Å²) < 4.78 is 0. The zero-order valence-electron chi connectivity index (χ0n) is 15.7. The van der Waals surface area contributed by atoms with Gasteiger partial charge in [0.05, 0.1) is 6.54 Å². The second-order valence-corrected chi connectivity index (χ2v) is 7.15. The number of carbonyl (C=O) groups is 1. The number of nitrogens with zero attached hydrogens (tertiary/aromatic N) is 4. The third-order valence-electron chi connectivity index (χ3n) is 5.39. The molecule has 1 aromatic carbocycles. The maximum atomic E-state index is 12.5. The van der Waals surface area contributed by atoms with Crippen molar-refractivity contribution >= 4 is 23.1 Å². The molecule has 142 valence electrons. The molecule has 0 saturated carbocycles. The van der Waals surface area contributed by atoms with E-state index in [4.69, 9.17) is 0 Å². The molecular formula is C21H27N5O. The summed E-state index contributed by atoms with van der Waals surface area (Å²) in [6, 6.07) is 14.4. The van der Waals surface area contributed by atoms with Gasteiger partial charge < -0.3 is 20.0 Å². The lowest BCUT2D eigenvalue weighted by molar-refractivity contribution is -0.129. The number of nitrogens with one attached hydrogen (secondary N) is 1. The summed E-state index contributed by atoms with van der Waals surface area (Å²) in [6.45, 7) is 5.77. The van der Waals surface area contributed by atoms with Crippen molar-refractivity contribution in [3.05, 3.63) is 48.7 Å². The number of hydrogen-bond donors (Lipinski definition) is 1. The fraction of sp³-hybridized carbons (Fsp3) is 0.429. The van der Waals surface area contributed by atoms with Crippen LogP contribution in [0.1, 0.15) is 12.8 Å². The minimum Gasteiger partial charge on any atom is -0.376 e. The van der Waals surface area contributed by atoms with Crippen molar-refractivity contribution in [3.8, 4) is 0 Å². The predicted molar refractivity (Wildman–Crippen MR) is 109 cm³/mol. The van der Waals surface area contributed by atoms with Crippen molar-refractivity contribution in [3.63, 3.8) is 0 Å². The summed E-state index contributed by atoms with van der Waals surface area (Å²) in [6.07, 6.45) is 4.37. The lowest BCUT2D eigenvalue weighted by atomic mass is 10.2. The van der Waals surface area contributed by atoms with Crippen molar-refractivity contribution < 1.29 is 4.79 Å². The number of hydrogen-bond acceptors (Lipinski definition) is 5. The molecule has 2 aliphatic heterocycles. The van der Waals surface area contributed by atoms with E-state index in [0.717, 1.165) is 50.8 Å². The molecule has 4 rings (SSSR count). The highest BCUT2D eigenvalue weighted by Gasteiger charge is 2.21. The van der Waals surface area contributed by atoms with Crippen molar-refractivity contribution in [2.45, 2.75) is 12.8 Å². The lowest BCUT2D eigenvalue weighted by Gasteiger charge is -2.35. The lowest BCUT2D eigenvalue weighted by Crippen LogP contribution is -2.50. The molecule has 0 bridgehead atoms. The van der Waals surface area contributed by atoms with E-state index in [2.05, 4.69) is 44.4 Å². The molecule has 3 heterocycles. The van der Waals surface area contributed by atoms with Gasteiger partial charge in [-0.2, -0.15) is 0 Å². The summed E-state index contributed by atoms with van der Waals surface area (Å²) in [5, 5.41) is 3.27. The van der Waals surface area contributed by atoms with Crippen LogP contribution in [0, 0.1) is 0 Å². The molecule has 0 atom stereocenters. The maximum Gasteiger partial charge on any atom is 0.241 e. The van der Waals surface area contributed by atoms with Gasteiger partial charge in [-0.15, -0.1) is 0 Å². The van der Waals surface area contributed by atoms with E-state index in [1.807, 2.05) is 29.3 Å². The van der Waals surface area contributed by atoms with Gasteiger partial charge in [0.25, 0.3) is 0 Å². The second kappa shape index (κ2) is 8.29. The molecule has 2 saturated heterocycles. The SMILES string of the molecule is O=C(CNc1ccc(N2CCCC2)cc1)N1CCN(c2ccccn2)CC1. The number of carbonyl (C=O) groups excluding carboxylic acids is 1. The van der Waals surface area contributed by atoms with Crippen LogP contribution in [0.3, 0.4) is 0 Å². The minimum atomic E-state index is 0.152. The second-order valence-electron chi connectivity index (χ2n) is 7.15. The van der Waals surface area contributed by atoms with Crippen molar-refractivity contribution in [1.82, 2.24) is 9.88 Å². The van der Waals surface area contributed by atoms with Gasteiger partial charge in [-0.05, 0) is 49.2 Å². The molecule has 2 fully saturated rings. The molecular weight excluding hydrogens is 338 g/mol. The number of pyridine rings is 1. The first kappa shape index (κ1) is 17.6. The average molecular weight is 365 g/mol. The molecule has 1 aromatic heterocycles. The number of rotatable bonds is 5. The number of anilines is 3. The molecule has 2 aromatic rings. The number of aromatic nitrogens is 1. The third kappa shape index (κ3) is 4.32. The highest BCUT2D eigenvalue weighted by Crippen LogP contribution is 2.22. The summed E-state index contributed by atoms with van der Waals surface area (Å²) in [7, 11) is 0. The molecule has 6 nitrogen and oxygen atoms in total. The quantitative estimate of drug-likeness (QED) is 0.882. The number of piperazine rings is 1. The van der Waals surface area contributed by atoms with Crippen LogP contribution in [0.4, 0.5) is 17.2 Å². The van der Waals surface area contributed by atoms with E-state index in [1.54, 1.807) is 0 Å². The van der Waals surface area contributed by atoms with Gasteiger partial charge >= 0.3 is 0 Å². The molecule has 1 amide bonds. The zero-order chi connectivity index (χ0) is 18.5. The van der Waals surface area contributed by atoms with E-state index in [0.29, 0.717) is 6.54 Å². The first-order valence-electron chi connectivity index (χ1n) is 9.82. The van der Waals surface area contributed by atoms with Crippen LogP contribution in [-0.2, 0) is 4.79 Å². The summed E-state index contributed by atoms with van der Waals surface area (Å²) in [5.41, 5.74) is 2.27. The highest BCUT2D eigenvalue weighted by molar-refractivity contribution is 5.81. The molecule has 0 aliphatic carbocycles. The van der Waals surface area contributed by atoms with E-state index >= 15 is 0 Å². The minimum absolute atomic E-state index is 0.152. The van der Waals surface area contributed by atoms with Gasteiger partial charge in [0.15, 0.2) is 0 Å². The van der Waals surface area contributed by atoms with Crippen LogP contribution in [0.15, 0.2) is 48.7 Å². The fourth-order valence-corrected chi connectivity index (χ4v) is 3.78. The Kier molecular flexibility index (Phi) is 5.42. The Hall–Kier alpha value is -2.76. The van der Waals surface area contributed by atoms with Crippen LogP contribution >= 0.6 is 0 Å². The fourth-order valence-electron chi connectivity index (χ4n) is 3.78. The van der Waals surface area contributed by atoms with E-state index in [-0.39, 0.29) is 5.91 Å². The van der Waals surface area contributed by atoms with Crippen LogP contribution < -0.4 is 15.1 Å². The largest absolute Gasteiger partial charge is 0.376 e. The standard InChI is InChI=1S/C21H27N5O/c27-21(26-15-13-25(14-16-26)20-5-1-2-10-22-20)17-23-18-6-8-19(9-7-18)24-11-3-4-12-24/h1-2,5-10,23H,3-4,11-17H2. The smallest absolute Gasteiger partial charge is 0.241 e. The van der Waals surface area contributed by atoms with Gasteiger partial charge in [0, 0.05) is 56.8 Å². The van der Waals surface area contributed by atoms with Crippen molar-refractivity contribution in [1.29, 1.82) is 0 Å². The first-order valence-corrected chi connectivity index (χ1v) is 9.82. The van der Waals surface area contributed by atoms with E-state index < -0.39 is 0 Å². The predicted octanol–water partition coefficient (Wildman–Crippen LogP) is 2.44. The van der Waals surface area contributed by atoms with Crippen LogP contribution in [0.25, 0.3) is 0 Å². The Morgan fingerprint density at radius 3 is 2.30 bits per heavy atom. The van der Waals surface area contributed by atoms with Gasteiger partial charge in [0.2, 0.25) is 5.91 Å². The van der Waals surface area contributed by atoms with E-state index in [1.165, 1.54) is 18.5 Å². The average Bonchev–Trinajstić information content (AvgIpc) is 3.28. The molecule has 27 heavy (non-hydrogen) atoms. The van der Waals surface area contributed by atoms with Gasteiger partial charge in [-0.1, -0.05) is 6.07 Å². The van der Waals surface area contributed by atoms with Gasteiger partial charge in [-0.25, -0.2) is 4.98 Å². The normalized spacial score (nSPS) is 17.3. The first-order chi connectivity index (χ1) is 13.3. The van der Waals surface area contributed by atoms with Gasteiger partial charge in [0.1, 0.15) is 5.82 Å². The Bertz CT molecular complexity index is 735. The van der Waals surface area contributed by atoms with Crippen LogP contribution in [-0.4, -0.2) is 61.6 Å². The Balaban J connectivity index is 1.24. The molecule has 0 radical (unpaired) electrons. The summed E-state index contributed by atoms with van der Waals surface area (Å²) in [5.74, 6) is 1.14. The molecule has 2 aliphatic rings. The number of benzene rings is 1. The molecule has 6 heteroatoms.